The molecule has 11 nitrogen and oxygen atoms in total. The van der Waals surface area contributed by atoms with Crippen LogP contribution in [0.2, 0.25) is 0 Å². The van der Waals surface area contributed by atoms with E-state index in [1.165, 1.54) is 44.9 Å². The van der Waals surface area contributed by atoms with Crippen LogP contribution >= 0.6 is 0 Å². The summed E-state index contributed by atoms with van der Waals surface area (Å²) in [5.41, 5.74) is 0. The number of hydrogen-bond donors (Lipinski definition) is 8. The lowest BCUT2D eigenvalue weighted by atomic mass is 9.98. The van der Waals surface area contributed by atoms with Crippen LogP contribution in [0.3, 0.4) is 0 Å². The van der Waals surface area contributed by atoms with Crippen molar-refractivity contribution in [1.29, 1.82) is 0 Å². The molecule has 0 aliphatic carbocycles. The van der Waals surface area contributed by atoms with Crippen molar-refractivity contribution < 1.29 is 50.0 Å². The number of hydrogen-bond acceptors (Lipinski definition) is 10. The summed E-state index contributed by atoms with van der Waals surface area (Å²) in [5.74, 6) is -0.715. The van der Waals surface area contributed by atoms with Crippen molar-refractivity contribution >= 4 is 5.91 Å². The van der Waals surface area contributed by atoms with Crippen LogP contribution in [0.15, 0.2) is 12.2 Å². The van der Waals surface area contributed by atoms with Crippen LogP contribution in [-0.4, -0.2) is 110 Å². The second-order valence-corrected chi connectivity index (χ2v) is 12.9. The SMILES string of the molecule is CCCCCCCCC/C=C\CCCCCCC(O)C(=O)NC(COC1OC(CO)C(O)C(O)C1O)C(O)C(O)CCCCCC. The van der Waals surface area contributed by atoms with Gasteiger partial charge in [0, 0.05) is 0 Å². The number of allylic oxidation sites excluding steroid dienone is 2. The summed E-state index contributed by atoms with van der Waals surface area (Å²) in [6, 6.07) is -1.16. The minimum absolute atomic E-state index is 0.246. The van der Waals surface area contributed by atoms with Gasteiger partial charge in [-0.15, -0.1) is 0 Å². The maximum absolute atomic E-state index is 12.9. The molecule has 9 atom stereocenters. The standard InChI is InChI=1S/C35H67NO10/c1-3-5-7-9-10-11-12-13-14-15-16-17-18-19-21-23-28(39)34(44)36-26(30(40)27(38)22-20-8-6-4-2)25-45-35-33(43)32(42)31(41)29(24-37)46-35/h14-15,26-33,35,37-43H,3-13,16-25H2,1-2H3,(H,36,44)/b15-14-. The molecular weight excluding hydrogens is 594 g/mol. The molecular formula is C35H67NO10. The molecule has 9 unspecified atom stereocenters. The van der Waals surface area contributed by atoms with Gasteiger partial charge in [-0.05, 0) is 38.5 Å². The van der Waals surface area contributed by atoms with E-state index in [4.69, 9.17) is 9.47 Å². The van der Waals surface area contributed by atoms with Crippen LogP contribution in [0.1, 0.15) is 136 Å². The average molecular weight is 662 g/mol. The van der Waals surface area contributed by atoms with Gasteiger partial charge in [0.15, 0.2) is 6.29 Å². The first-order valence-electron chi connectivity index (χ1n) is 18.1. The van der Waals surface area contributed by atoms with E-state index in [1.807, 2.05) is 0 Å². The normalized spacial score (nSPS) is 24.6. The molecule has 1 rings (SSSR count). The van der Waals surface area contributed by atoms with Gasteiger partial charge in [0.1, 0.15) is 36.6 Å². The van der Waals surface area contributed by atoms with Crippen molar-refractivity contribution in [3.63, 3.8) is 0 Å². The highest BCUT2D eigenvalue weighted by atomic mass is 16.7. The molecule has 46 heavy (non-hydrogen) atoms. The molecule has 0 spiro atoms. The molecule has 0 aromatic carbocycles. The number of amides is 1. The molecule has 0 saturated carbocycles. The van der Waals surface area contributed by atoms with E-state index >= 15 is 0 Å². The summed E-state index contributed by atoms with van der Waals surface area (Å²) in [4.78, 5) is 12.9. The fraction of sp³-hybridized carbons (Fsp3) is 0.914. The van der Waals surface area contributed by atoms with Gasteiger partial charge in [0.25, 0.3) is 0 Å². The van der Waals surface area contributed by atoms with Gasteiger partial charge in [-0.2, -0.15) is 0 Å². The van der Waals surface area contributed by atoms with Crippen LogP contribution in [-0.2, 0) is 14.3 Å². The van der Waals surface area contributed by atoms with Gasteiger partial charge >= 0.3 is 0 Å². The number of rotatable bonds is 28. The highest BCUT2D eigenvalue weighted by Crippen LogP contribution is 2.23. The van der Waals surface area contributed by atoms with E-state index in [1.54, 1.807) is 0 Å². The van der Waals surface area contributed by atoms with Gasteiger partial charge in [-0.25, -0.2) is 0 Å². The summed E-state index contributed by atoms with van der Waals surface area (Å²) >= 11 is 0. The Bertz CT molecular complexity index is 770. The number of unbranched alkanes of at least 4 members (excludes halogenated alkanes) is 14. The molecule has 11 heteroatoms. The summed E-state index contributed by atoms with van der Waals surface area (Å²) in [5, 5.41) is 74.4. The van der Waals surface area contributed by atoms with E-state index in [9.17, 15) is 40.5 Å². The number of aliphatic hydroxyl groups is 7. The molecule has 8 N–H and O–H groups in total. The number of carbonyl (C=O) groups excluding carboxylic acids is 1. The first-order chi connectivity index (χ1) is 22.2. The number of carbonyl (C=O) groups is 1. The lowest BCUT2D eigenvalue weighted by Crippen LogP contribution is -2.60. The molecule has 1 amide bonds. The van der Waals surface area contributed by atoms with Gasteiger partial charge in [0.2, 0.25) is 5.91 Å². The first-order valence-corrected chi connectivity index (χ1v) is 18.1. The third-order valence-corrected chi connectivity index (χ3v) is 8.82. The number of aliphatic hydroxyl groups excluding tert-OH is 7. The quantitative estimate of drug-likeness (QED) is 0.0456. The molecule has 0 aromatic rings. The molecule has 0 aromatic heterocycles. The molecule has 1 aliphatic rings. The Morgan fingerprint density at radius 2 is 1.26 bits per heavy atom. The van der Waals surface area contributed by atoms with E-state index in [0.29, 0.717) is 19.3 Å². The van der Waals surface area contributed by atoms with Crippen LogP contribution < -0.4 is 5.32 Å². The highest BCUT2D eigenvalue weighted by Gasteiger charge is 2.44. The third kappa shape index (κ3) is 17.8. The van der Waals surface area contributed by atoms with Crippen molar-refractivity contribution in [2.24, 2.45) is 0 Å². The molecule has 1 saturated heterocycles. The average Bonchev–Trinajstić information content (AvgIpc) is 3.05. The summed E-state index contributed by atoms with van der Waals surface area (Å²) in [6.45, 7) is 3.24. The van der Waals surface area contributed by atoms with Crippen molar-refractivity contribution in [3.8, 4) is 0 Å². The Balaban J connectivity index is 2.49. The monoisotopic (exact) mass is 661 g/mol. The zero-order valence-corrected chi connectivity index (χ0v) is 28.6. The van der Waals surface area contributed by atoms with Crippen molar-refractivity contribution in [2.75, 3.05) is 13.2 Å². The first kappa shape index (κ1) is 42.9. The molecule has 1 aliphatic heterocycles. The van der Waals surface area contributed by atoms with Crippen LogP contribution in [0.4, 0.5) is 0 Å². The lowest BCUT2D eigenvalue weighted by Gasteiger charge is -2.40. The largest absolute Gasteiger partial charge is 0.394 e. The Hall–Kier alpha value is -1.15. The third-order valence-electron chi connectivity index (χ3n) is 8.82. The minimum atomic E-state index is -1.66. The van der Waals surface area contributed by atoms with Gasteiger partial charge < -0.3 is 50.5 Å². The highest BCUT2D eigenvalue weighted by molar-refractivity contribution is 5.80. The zero-order valence-electron chi connectivity index (χ0n) is 28.6. The van der Waals surface area contributed by atoms with Crippen molar-refractivity contribution in [2.45, 2.75) is 191 Å². The smallest absolute Gasteiger partial charge is 0.249 e. The molecule has 272 valence electrons. The molecule has 1 fully saturated rings. The topological polar surface area (TPSA) is 189 Å². The van der Waals surface area contributed by atoms with Crippen molar-refractivity contribution in [1.82, 2.24) is 5.32 Å². The second-order valence-electron chi connectivity index (χ2n) is 12.9. The Morgan fingerprint density at radius 1 is 0.739 bits per heavy atom. The van der Waals surface area contributed by atoms with Gasteiger partial charge in [0.05, 0.1) is 25.4 Å². The van der Waals surface area contributed by atoms with Crippen molar-refractivity contribution in [3.05, 3.63) is 12.2 Å². The van der Waals surface area contributed by atoms with Gasteiger partial charge in [-0.3, -0.25) is 4.79 Å². The summed E-state index contributed by atoms with van der Waals surface area (Å²) in [6.07, 6.45) is 12.1. The van der Waals surface area contributed by atoms with Crippen LogP contribution in [0, 0.1) is 0 Å². The Morgan fingerprint density at radius 3 is 1.85 bits per heavy atom. The van der Waals surface area contributed by atoms with Crippen LogP contribution in [0.25, 0.3) is 0 Å². The fourth-order valence-corrected chi connectivity index (χ4v) is 5.67. The Kier molecular flexibility index (Phi) is 24.9. The predicted octanol–water partition coefficient (Wildman–Crippen LogP) is 3.38. The van der Waals surface area contributed by atoms with E-state index in [0.717, 1.165) is 51.4 Å². The van der Waals surface area contributed by atoms with Gasteiger partial charge in [-0.1, -0.05) is 109 Å². The predicted molar refractivity (Wildman–Crippen MR) is 178 cm³/mol. The lowest BCUT2D eigenvalue weighted by molar-refractivity contribution is -0.303. The molecule has 0 radical (unpaired) electrons. The maximum Gasteiger partial charge on any atom is 0.249 e. The second kappa shape index (κ2) is 26.8. The molecule has 1 heterocycles. The maximum atomic E-state index is 12.9. The zero-order chi connectivity index (χ0) is 34.2. The summed E-state index contributed by atoms with van der Waals surface area (Å²) in [7, 11) is 0. The Labute approximate surface area is 277 Å². The fourth-order valence-electron chi connectivity index (χ4n) is 5.67. The summed E-state index contributed by atoms with van der Waals surface area (Å²) < 4.78 is 10.9. The number of nitrogens with one attached hydrogen (secondary N) is 1. The number of ether oxygens (including phenoxy) is 2. The minimum Gasteiger partial charge on any atom is -0.394 e. The van der Waals surface area contributed by atoms with E-state index < -0.39 is 74.2 Å². The van der Waals surface area contributed by atoms with E-state index in [2.05, 4.69) is 31.3 Å². The van der Waals surface area contributed by atoms with E-state index in [-0.39, 0.29) is 6.42 Å². The molecule has 0 bridgehead atoms. The van der Waals surface area contributed by atoms with Crippen LogP contribution in [0.5, 0.6) is 0 Å².